The fourth-order valence-corrected chi connectivity index (χ4v) is 0.705. The maximum Gasteiger partial charge on any atom is 0.380 e. The van der Waals surface area contributed by atoms with Crippen LogP contribution < -0.4 is 5.32 Å². The molecule has 0 aliphatic carbocycles. The maximum atomic E-state index is 10.9. The van der Waals surface area contributed by atoms with Gasteiger partial charge < -0.3 is 10.4 Å². The highest BCUT2D eigenvalue weighted by atomic mass is 16.4. The molecule has 0 aromatic carbocycles. The Bertz CT molecular complexity index is 390. The minimum absolute atomic E-state index is 0.0691. The first-order valence-electron chi connectivity index (χ1n) is 3.46. The van der Waals surface area contributed by atoms with Gasteiger partial charge in [0, 0.05) is 6.20 Å². The number of aliphatic carboxylic acids is 1. The van der Waals surface area contributed by atoms with Gasteiger partial charge in [-0.25, -0.2) is 14.8 Å². The van der Waals surface area contributed by atoms with Gasteiger partial charge in [0.15, 0.2) is 0 Å². The number of amides is 1. The lowest BCUT2D eigenvalue weighted by Gasteiger charge is -1.98. The van der Waals surface area contributed by atoms with E-state index in [1.807, 2.05) is 0 Å². The summed E-state index contributed by atoms with van der Waals surface area (Å²) in [5, 5.41) is 10.5. The number of carbonyl (C=O) groups excluding carboxylic acids is 2. The van der Waals surface area contributed by atoms with Crippen molar-refractivity contribution in [1.29, 1.82) is 0 Å². The summed E-state index contributed by atoms with van der Waals surface area (Å²) in [7, 11) is 0. The second-order valence-corrected chi connectivity index (χ2v) is 2.16. The SMILES string of the molecule is O=CNc1ccnc(C(=O)C(=O)O)n1. The number of rotatable bonds is 4. The first-order valence-corrected chi connectivity index (χ1v) is 3.46. The summed E-state index contributed by atoms with van der Waals surface area (Å²) < 4.78 is 0. The molecular weight excluding hydrogens is 190 g/mol. The first kappa shape index (κ1) is 9.78. The molecule has 1 aromatic rings. The van der Waals surface area contributed by atoms with E-state index >= 15 is 0 Å². The van der Waals surface area contributed by atoms with Gasteiger partial charge in [-0.1, -0.05) is 0 Å². The number of ketones is 1. The van der Waals surface area contributed by atoms with Crippen LogP contribution in [0, 0.1) is 0 Å². The largest absolute Gasteiger partial charge is 0.475 e. The molecule has 0 unspecified atom stereocenters. The fourth-order valence-electron chi connectivity index (χ4n) is 0.705. The highest BCUT2D eigenvalue weighted by Gasteiger charge is 2.17. The van der Waals surface area contributed by atoms with Gasteiger partial charge in [-0.2, -0.15) is 0 Å². The van der Waals surface area contributed by atoms with Gasteiger partial charge in [-0.3, -0.25) is 9.59 Å². The summed E-state index contributed by atoms with van der Waals surface area (Å²) >= 11 is 0. The van der Waals surface area contributed by atoms with Crippen molar-refractivity contribution in [3.8, 4) is 0 Å². The molecule has 1 rings (SSSR count). The van der Waals surface area contributed by atoms with E-state index in [4.69, 9.17) is 5.11 Å². The number of nitrogens with one attached hydrogen (secondary N) is 1. The van der Waals surface area contributed by atoms with E-state index in [9.17, 15) is 14.4 Å². The Morgan fingerprint density at radius 3 is 2.79 bits per heavy atom. The van der Waals surface area contributed by atoms with Crippen LogP contribution in [0.2, 0.25) is 0 Å². The van der Waals surface area contributed by atoms with Crippen LogP contribution >= 0.6 is 0 Å². The normalized spacial score (nSPS) is 9.14. The Hall–Kier alpha value is -2.31. The molecule has 0 spiro atoms. The standard InChI is InChI=1S/C7H5N3O4/c11-3-9-4-1-2-8-6(10-4)5(12)7(13)14/h1-3H,(H,13,14)(H,8,9,10,11). The Balaban J connectivity index is 2.99. The molecule has 1 amide bonds. The van der Waals surface area contributed by atoms with Crippen LogP contribution in [0.25, 0.3) is 0 Å². The van der Waals surface area contributed by atoms with Gasteiger partial charge in [0.1, 0.15) is 5.82 Å². The van der Waals surface area contributed by atoms with E-state index in [1.54, 1.807) is 0 Å². The second-order valence-electron chi connectivity index (χ2n) is 2.16. The van der Waals surface area contributed by atoms with Gasteiger partial charge in [-0.15, -0.1) is 0 Å². The topological polar surface area (TPSA) is 109 Å². The molecule has 0 saturated heterocycles. The van der Waals surface area contributed by atoms with Crippen molar-refractivity contribution < 1.29 is 19.5 Å². The monoisotopic (exact) mass is 195 g/mol. The Morgan fingerprint density at radius 2 is 2.21 bits per heavy atom. The average molecular weight is 195 g/mol. The van der Waals surface area contributed by atoms with E-state index in [0.29, 0.717) is 6.41 Å². The molecule has 14 heavy (non-hydrogen) atoms. The molecule has 1 aromatic heterocycles. The van der Waals surface area contributed by atoms with Crippen LogP contribution in [0.1, 0.15) is 10.6 Å². The molecule has 0 bridgehead atoms. The van der Waals surface area contributed by atoms with Crippen molar-refractivity contribution in [1.82, 2.24) is 9.97 Å². The summed E-state index contributed by atoms with van der Waals surface area (Å²) in [5.74, 6) is -3.27. The zero-order chi connectivity index (χ0) is 10.6. The lowest BCUT2D eigenvalue weighted by Crippen LogP contribution is -2.16. The molecule has 0 aliphatic heterocycles. The summed E-state index contributed by atoms with van der Waals surface area (Å²) in [4.78, 5) is 38.1. The van der Waals surface area contributed by atoms with Gasteiger partial charge >= 0.3 is 11.8 Å². The van der Waals surface area contributed by atoms with Crippen molar-refractivity contribution >= 4 is 24.0 Å². The minimum Gasteiger partial charge on any atom is -0.475 e. The Labute approximate surface area is 77.8 Å². The second kappa shape index (κ2) is 4.08. The number of aromatic nitrogens is 2. The molecule has 7 heteroatoms. The highest BCUT2D eigenvalue weighted by molar-refractivity contribution is 6.38. The summed E-state index contributed by atoms with van der Waals surface area (Å²) in [5.41, 5.74) is 0. The predicted molar refractivity (Wildman–Crippen MR) is 43.7 cm³/mol. The zero-order valence-electron chi connectivity index (χ0n) is 6.80. The first-order chi connectivity index (χ1) is 6.65. The van der Waals surface area contributed by atoms with E-state index in [2.05, 4.69) is 15.3 Å². The average Bonchev–Trinajstić information content (AvgIpc) is 2.17. The molecule has 72 valence electrons. The van der Waals surface area contributed by atoms with Crippen LogP contribution in [0.5, 0.6) is 0 Å². The van der Waals surface area contributed by atoms with Gasteiger partial charge in [0.25, 0.3) is 0 Å². The van der Waals surface area contributed by atoms with Crippen molar-refractivity contribution in [3.05, 3.63) is 18.1 Å². The van der Waals surface area contributed by atoms with Crippen molar-refractivity contribution in [2.75, 3.05) is 5.32 Å². The van der Waals surface area contributed by atoms with Crippen LogP contribution in [-0.2, 0) is 9.59 Å². The zero-order valence-corrected chi connectivity index (χ0v) is 6.80. The summed E-state index contributed by atoms with van der Waals surface area (Å²) in [6, 6.07) is 1.33. The van der Waals surface area contributed by atoms with Crippen LogP contribution in [0.4, 0.5) is 5.82 Å². The number of carbonyl (C=O) groups is 3. The van der Waals surface area contributed by atoms with E-state index in [1.165, 1.54) is 12.3 Å². The molecule has 2 N–H and O–H groups in total. The molecule has 0 aliphatic rings. The highest BCUT2D eigenvalue weighted by Crippen LogP contribution is 2.00. The smallest absolute Gasteiger partial charge is 0.380 e. The molecule has 1 heterocycles. The van der Waals surface area contributed by atoms with Crippen molar-refractivity contribution in [3.63, 3.8) is 0 Å². The van der Waals surface area contributed by atoms with E-state index < -0.39 is 17.6 Å². The van der Waals surface area contributed by atoms with Gasteiger partial charge in [-0.05, 0) is 6.07 Å². The van der Waals surface area contributed by atoms with Gasteiger partial charge in [0.05, 0.1) is 0 Å². The molecule has 0 fully saturated rings. The van der Waals surface area contributed by atoms with Crippen LogP contribution in [0.3, 0.4) is 0 Å². The summed E-state index contributed by atoms with van der Waals surface area (Å²) in [6.45, 7) is 0. The molecule has 0 radical (unpaired) electrons. The third-order valence-corrected chi connectivity index (χ3v) is 1.26. The maximum absolute atomic E-state index is 10.9. The molecule has 0 atom stereocenters. The third kappa shape index (κ3) is 2.09. The lowest BCUT2D eigenvalue weighted by molar-refractivity contribution is -0.131. The number of hydrogen-bond donors (Lipinski definition) is 2. The number of carboxylic acid groups (broad SMARTS) is 1. The Kier molecular flexibility index (Phi) is 2.85. The number of anilines is 1. The number of Topliss-reactive ketones (excluding diaryl/α,β-unsaturated/α-hetero) is 1. The number of carboxylic acids is 1. The predicted octanol–water partition coefficient (Wildman–Crippen LogP) is -0.688. The van der Waals surface area contributed by atoms with Crippen LogP contribution in [-0.4, -0.2) is 33.2 Å². The minimum atomic E-state index is -1.65. The molecular formula is C7H5N3O4. The fraction of sp³-hybridized carbons (Fsp3) is 0. The molecule has 7 nitrogen and oxygen atoms in total. The molecule has 0 saturated carbocycles. The number of nitrogens with zero attached hydrogens (tertiary/aromatic N) is 2. The number of hydrogen-bond acceptors (Lipinski definition) is 5. The lowest BCUT2D eigenvalue weighted by atomic mass is 10.3. The van der Waals surface area contributed by atoms with Gasteiger partial charge in [0.2, 0.25) is 12.2 Å². The Morgan fingerprint density at radius 1 is 1.50 bits per heavy atom. The van der Waals surface area contributed by atoms with E-state index in [0.717, 1.165) is 0 Å². The van der Waals surface area contributed by atoms with Crippen molar-refractivity contribution in [2.24, 2.45) is 0 Å². The summed E-state index contributed by atoms with van der Waals surface area (Å²) in [6.07, 6.45) is 1.53. The van der Waals surface area contributed by atoms with Crippen LogP contribution in [0.15, 0.2) is 12.3 Å². The quantitative estimate of drug-likeness (QED) is 0.374. The van der Waals surface area contributed by atoms with Crippen molar-refractivity contribution in [2.45, 2.75) is 0 Å². The third-order valence-electron chi connectivity index (χ3n) is 1.26. The van der Waals surface area contributed by atoms with E-state index in [-0.39, 0.29) is 5.82 Å².